The lowest BCUT2D eigenvalue weighted by Crippen LogP contribution is -2.30. The van der Waals surface area contributed by atoms with Gasteiger partial charge in [0, 0.05) is 5.69 Å². The fourth-order valence-corrected chi connectivity index (χ4v) is 4.43. The second-order valence-electron chi connectivity index (χ2n) is 6.76. The first kappa shape index (κ1) is 19.9. The van der Waals surface area contributed by atoms with E-state index in [1.807, 2.05) is 6.92 Å². The second-order valence-corrected chi connectivity index (χ2v) is 7.96. The molecule has 1 unspecified atom stereocenters. The Kier molecular flexibility index (Phi) is 5.17. The Hall–Kier alpha value is -3.39. The molecular formula is C22H20N2O5S. The first-order valence-corrected chi connectivity index (χ1v) is 10.3. The summed E-state index contributed by atoms with van der Waals surface area (Å²) in [5.41, 5.74) is 1.06. The Morgan fingerprint density at radius 3 is 2.57 bits per heavy atom. The van der Waals surface area contributed by atoms with Crippen LogP contribution in [0.15, 0.2) is 58.4 Å². The molecule has 1 aromatic carbocycles. The summed E-state index contributed by atoms with van der Waals surface area (Å²) in [5.74, 6) is -0.641. The van der Waals surface area contributed by atoms with Gasteiger partial charge in [0.15, 0.2) is 5.76 Å². The van der Waals surface area contributed by atoms with Gasteiger partial charge in [-0.05, 0) is 57.2 Å². The minimum absolute atomic E-state index is 0.0180. The smallest absolute Gasteiger partial charge is 0.294 e. The number of aromatic nitrogens is 1. The molecule has 0 bridgehead atoms. The Morgan fingerprint density at radius 1 is 1.27 bits per heavy atom. The molecule has 7 nitrogen and oxygen atoms in total. The standard InChI is InChI=1S/C22H20N2O5S/c1-4-28-15-9-7-14(8-10-15)24-18(16-6-5-11-29-16)17(20(26)22(24)27)19(25)21-12(2)23-13(3)30-21/h5-11,18,26H,4H2,1-3H3. The van der Waals surface area contributed by atoms with E-state index >= 15 is 0 Å². The number of ketones is 1. The van der Waals surface area contributed by atoms with Crippen LogP contribution >= 0.6 is 11.3 Å². The van der Waals surface area contributed by atoms with Gasteiger partial charge in [-0.3, -0.25) is 14.5 Å². The molecule has 1 amide bonds. The zero-order chi connectivity index (χ0) is 21.4. The number of aryl methyl sites for hydroxylation is 2. The van der Waals surface area contributed by atoms with Crippen molar-refractivity contribution in [2.45, 2.75) is 26.8 Å². The molecule has 1 aliphatic heterocycles. The molecule has 0 radical (unpaired) electrons. The van der Waals surface area contributed by atoms with E-state index in [0.29, 0.717) is 34.4 Å². The van der Waals surface area contributed by atoms with Gasteiger partial charge in [0.1, 0.15) is 17.6 Å². The summed E-state index contributed by atoms with van der Waals surface area (Å²) in [7, 11) is 0. The van der Waals surface area contributed by atoms with Crippen LogP contribution < -0.4 is 9.64 Å². The first-order chi connectivity index (χ1) is 14.4. The first-order valence-electron chi connectivity index (χ1n) is 9.44. The van der Waals surface area contributed by atoms with Gasteiger partial charge in [0.2, 0.25) is 5.78 Å². The van der Waals surface area contributed by atoms with E-state index in [4.69, 9.17) is 9.15 Å². The Balaban J connectivity index is 1.81. The number of aliphatic hydroxyl groups excluding tert-OH is 1. The number of carbonyl (C=O) groups is 2. The van der Waals surface area contributed by atoms with Crippen molar-refractivity contribution in [3.63, 3.8) is 0 Å². The van der Waals surface area contributed by atoms with Crippen molar-refractivity contribution >= 4 is 28.7 Å². The molecule has 8 heteroatoms. The van der Waals surface area contributed by atoms with Crippen LogP contribution in [-0.2, 0) is 4.79 Å². The van der Waals surface area contributed by atoms with Gasteiger partial charge in [-0.15, -0.1) is 11.3 Å². The zero-order valence-corrected chi connectivity index (χ0v) is 17.5. The molecule has 0 fully saturated rings. The van der Waals surface area contributed by atoms with E-state index in [9.17, 15) is 14.7 Å². The summed E-state index contributed by atoms with van der Waals surface area (Å²) >= 11 is 1.23. The number of thiazole rings is 1. The monoisotopic (exact) mass is 424 g/mol. The number of nitrogens with zero attached hydrogens (tertiary/aromatic N) is 2. The van der Waals surface area contributed by atoms with Gasteiger partial charge in [0.25, 0.3) is 5.91 Å². The van der Waals surface area contributed by atoms with Crippen LogP contribution in [0.2, 0.25) is 0 Å². The Labute approximate surface area is 177 Å². The highest BCUT2D eigenvalue weighted by atomic mass is 32.1. The highest BCUT2D eigenvalue weighted by molar-refractivity contribution is 7.14. The fourth-order valence-electron chi connectivity index (χ4n) is 3.55. The second kappa shape index (κ2) is 7.79. The maximum Gasteiger partial charge on any atom is 0.294 e. The topological polar surface area (TPSA) is 92.9 Å². The minimum Gasteiger partial charge on any atom is -0.503 e. The number of rotatable bonds is 6. The molecule has 1 N–H and O–H groups in total. The van der Waals surface area contributed by atoms with E-state index in [-0.39, 0.29) is 5.57 Å². The number of ether oxygens (including phenoxy) is 1. The van der Waals surface area contributed by atoms with Gasteiger partial charge in [0.05, 0.1) is 34.0 Å². The molecule has 1 aliphatic rings. The maximum atomic E-state index is 13.4. The average molecular weight is 424 g/mol. The fraction of sp³-hybridized carbons (Fsp3) is 0.227. The van der Waals surface area contributed by atoms with Crippen molar-refractivity contribution in [3.8, 4) is 5.75 Å². The lowest BCUT2D eigenvalue weighted by Gasteiger charge is -2.25. The number of anilines is 1. The third-order valence-electron chi connectivity index (χ3n) is 4.80. The molecule has 154 valence electrons. The minimum atomic E-state index is -0.889. The van der Waals surface area contributed by atoms with E-state index in [0.717, 1.165) is 5.01 Å². The third kappa shape index (κ3) is 3.29. The van der Waals surface area contributed by atoms with Gasteiger partial charge in [-0.1, -0.05) is 0 Å². The Morgan fingerprint density at radius 2 is 2.00 bits per heavy atom. The highest BCUT2D eigenvalue weighted by Gasteiger charge is 2.46. The summed E-state index contributed by atoms with van der Waals surface area (Å²) < 4.78 is 11.0. The van der Waals surface area contributed by atoms with Crippen molar-refractivity contribution in [3.05, 3.63) is 75.3 Å². The number of amides is 1. The molecule has 0 spiro atoms. The van der Waals surface area contributed by atoms with E-state index in [2.05, 4.69) is 4.98 Å². The normalized spacial score (nSPS) is 16.4. The van der Waals surface area contributed by atoms with Gasteiger partial charge in [-0.25, -0.2) is 4.98 Å². The molecular weight excluding hydrogens is 404 g/mol. The van der Waals surface area contributed by atoms with Crippen LogP contribution in [0, 0.1) is 13.8 Å². The predicted molar refractivity (Wildman–Crippen MR) is 112 cm³/mol. The van der Waals surface area contributed by atoms with Crippen LogP contribution in [0.1, 0.15) is 39.1 Å². The number of hydrogen-bond donors (Lipinski definition) is 1. The summed E-state index contributed by atoms with van der Waals surface area (Å²) in [6.07, 6.45) is 1.47. The molecule has 0 saturated heterocycles. The summed E-state index contributed by atoms with van der Waals surface area (Å²) in [6.45, 7) is 5.94. The molecule has 4 rings (SSSR count). The molecule has 3 heterocycles. The van der Waals surface area contributed by atoms with Crippen LogP contribution in [0.5, 0.6) is 5.75 Å². The Bertz CT molecular complexity index is 1130. The van der Waals surface area contributed by atoms with Crippen LogP contribution in [0.25, 0.3) is 0 Å². The molecule has 2 aromatic heterocycles. The third-order valence-corrected chi connectivity index (χ3v) is 5.87. The molecule has 30 heavy (non-hydrogen) atoms. The maximum absolute atomic E-state index is 13.4. The lowest BCUT2D eigenvalue weighted by molar-refractivity contribution is -0.117. The van der Waals surface area contributed by atoms with E-state index in [1.165, 1.54) is 22.5 Å². The summed E-state index contributed by atoms with van der Waals surface area (Å²) in [5, 5.41) is 11.4. The van der Waals surface area contributed by atoms with Crippen LogP contribution in [-0.4, -0.2) is 28.4 Å². The van der Waals surface area contributed by atoms with Crippen LogP contribution in [0.4, 0.5) is 5.69 Å². The zero-order valence-electron chi connectivity index (χ0n) is 16.7. The van der Waals surface area contributed by atoms with Crippen molar-refractivity contribution in [2.24, 2.45) is 0 Å². The van der Waals surface area contributed by atoms with Crippen molar-refractivity contribution in [2.75, 3.05) is 11.5 Å². The molecule has 1 atom stereocenters. The molecule has 0 saturated carbocycles. The summed E-state index contributed by atoms with van der Waals surface area (Å²) in [4.78, 5) is 32.5. The number of benzene rings is 1. The average Bonchev–Trinajstić information content (AvgIpc) is 3.42. The predicted octanol–water partition coefficient (Wildman–Crippen LogP) is 4.53. The van der Waals surface area contributed by atoms with Gasteiger partial charge >= 0.3 is 0 Å². The highest BCUT2D eigenvalue weighted by Crippen LogP contribution is 2.43. The molecule has 0 aliphatic carbocycles. The number of aliphatic hydroxyl groups is 1. The number of Topliss-reactive ketones (excluding diaryl/α,β-unsaturated/α-hetero) is 1. The lowest BCUT2D eigenvalue weighted by atomic mass is 9.99. The summed E-state index contributed by atoms with van der Waals surface area (Å²) in [6, 6.07) is 9.35. The molecule has 3 aromatic rings. The largest absolute Gasteiger partial charge is 0.503 e. The number of hydrogen-bond acceptors (Lipinski definition) is 7. The SMILES string of the molecule is CCOc1ccc(N2C(=O)C(O)=C(C(=O)c3sc(C)nc3C)C2c2ccco2)cc1. The van der Waals surface area contributed by atoms with Crippen molar-refractivity contribution in [1.82, 2.24) is 4.98 Å². The van der Waals surface area contributed by atoms with E-state index in [1.54, 1.807) is 50.2 Å². The van der Waals surface area contributed by atoms with Crippen molar-refractivity contribution < 1.29 is 23.8 Å². The van der Waals surface area contributed by atoms with Crippen LogP contribution in [0.3, 0.4) is 0 Å². The van der Waals surface area contributed by atoms with Crippen molar-refractivity contribution in [1.29, 1.82) is 0 Å². The van der Waals surface area contributed by atoms with Gasteiger partial charge in [-0.2, -0.15) is 0 Å². The quantitative estimate of drug-likeness (QED) is 0.584. The van der Waals surface area contributed by atoms with Gasteiger partial charge < -0.3 is 14.3 Å². The number of carbonyl (C=O) groups excluding carboxylic acids is 2. The van der Waals surface area contributed by atoms with E-state index < -0.39 is 23.5 Å². The number of furan rings is 1.